The fourth-order valence-corrected chi connectivity index (χ4v) is 2.32. The number of benzene rings is 1. The molecule has 0 bridgehead atoms. The van der Waals surface area contributed by atoms with E-state index in [4.69, 9.17) is 16.1 Å². The van der Waals surface area contributed by atoms with Gasteiger partial charge in [-0.2, -0.15) is 5.26 Å². The van der Waals surface area contributed by atoms with Crippen molar-refractivity contribution in [3.05, 3.63) is 29.6 Å². The number of nitrogens with zero attached hydrogens (tertiary/aromatic N) is 1. The number of nitrogens with two attached hydrogens (primary N) is 1. The minimum Gasteiger partial charge on any atom is -0.392 e. The van der Waals surface area contributed by atoms with E-state index < -0.39 is 28.0 Å². The zero-order chi connectivity index (χ0) is 14.6. The zero-order valence-electron chi connectivity index (χ0n) is 10.2. The first-order valence-corrected chi connectivity index (χ1v) is 6.89. The van der Waals surface area contributed by atoms with Gasteiger partial charge in [0.15, 0.2) is 0 Å². The Hall–Kier alpha value is -1.53. The standard InChI is InChI=1S/C11H14FN3O3S/c1-7(16)11(14)6-15-19(17,18)9-2-3-10(12)8(4-9)5-13/h2-4,7,11,15-16H,6,14H2,1H3. The molecule has 104 valence electrons. The van der Waals surface area contributed by atoms with Crippen LogP contribution in [0.4, 0.5) is 4.39 Å². The summed E-state index contributed by atoms with van der Waals surface area (Å²) in [6.07, 6.45) is -0.870. The van der Waals surface area contributed by atoms with E-state index in [1.54, 1.807) is 6.07 Å². The molecule has 0 aliphatic rings. The summed E-state index contributed by atoms with van der Waals surface area (Å²) in [4.78, 5) is -0.233. The maximum Gasteiger partial charge on any atom is 0.240 e. The van der Waals surface area contributed by atoms with Crippen LogP contribution in [0.3, 0.4) is 0 Å². The third-order valence-electron chi connectivity index (χ3n) is 2.50. The van der Waals surface area contributed by atoms with Crippen LogP contribution < -0.4 is 10.5 Å². The van der Waals surface area contributed by atoms with Gasteiger partial charge in [-0.1, -0.05) is 0 Å². The van der Waals surface area contributed by atoms with Crippen LogP contribution in [-0.2, 0) is 10.0 Å². The Kier molecular flexibility index (Phi) is 4.97. The van der Waals surface area contributed by atoms with Crippen LogP contribution in [0.2, 0.25) is 0 Å². The Morgan fingerprint density at radius 2 is 2.21 bits per heavy atom. The number of sulfonamides is 1. The molecular formula is C11H14FN3O3S. The molecule has 0 saturated carbocycles. The quantitative estimate of drug-likeness (QED) is 0.686. The van der Waals surface area contributed by atoms with E-state index >= 15 is 0 Å². The highest BCUT2D eigenvalue weighted by molar-refractivity contribution is 7.89. The van der Waals surface area contributed by atoms with Crippen LogP contribution in [0.15, 0.2) is 23.1 Å². The smallest absolute Gasteiger partial charge is 0.240 e. The Labute approximate surface area is 110 Å². The first-order valence-electron chi connectivity index (χ1n) is 5.41. The average Bonchev–Trinajstić information content (AvgIpc) is 2.36. The van der Waals surface area contributed by atoms with Gasteiger partial charge in [0, 0.05) is 12.6 Å². The summed E-state index contributed by atoms with van der Waals surface area (Å²) in [6.45, 7) is 1.27. The molecule has 0 saturated heterocycles. The van der Waals surface area contributed by atoms with Gasteiger partial charge in [-0.25, -0.2) is 17.5 Å². The van der Waals surface area contributed by atoms with Gasteiger partial charge in [0.05, 0.1) is 16.6 Å². The van der Waals surface area contributed by atoms with Crippen LogP contribution >= 0.6 is 0 Å². The fourth-order valence-electron chi connectivity index (χ4n) is 1.22. The van der Waals surface area contributed by atoms with Crippen LogP contribution in [0.1, 0.15) is 12.5 Å². The van der Waals surface area contributed by atoms with E-state index in [9.17, 15) is 12.8 Å². The molecule has 0 fully saturated rings. The van der Waals surface area contributed by atoms with Gasteiger partial charge in [0.1, 0.15) is 11.9 Å². The maximum atomic E-state index is 13.1. The highest BCUT2D eigenvalue weighted by Crippen LogP contribution is 2.14. The van der Waals surface area contributed by atoms with Gasteiger partial charge in [0.2, 0.25) is 10.0 Å². The van der Waals surface area contributed by atoms with Crippen molar-refractivity contribution in [2.75, 3.05) is 6.54 Å². The minimum atomic E-state index is -3.90. The lowest BCUT2D eigenvalue weighted by molar-refractivity contribution is 0.164. The lowest BCUT2D eigenvalue weighted by Crippen LogP contribution is -2.43. The van der Waals surface area contributed by atoms with Crippen molar-refractivity contribution in [1.29, 1.82) is 5.26 Å². The lowest BCUT2D eigenvalue weighted by Gasteiger charge is -2.15. The molecule has 2 atom stereocenters. The van der Waals surface area contributed by atoms with Crippen LogP contribution in [-0.4, -0.2) is 32.2 Å². The molecule has 1 aromatic carbocycles. The minimum absolute atomic E-state index is 0.167. The highest BCUT2D eigenvalue weighted by atomic mass is 32.2. The number of hydrogen-bond donors (Lipinski definition) is 3. The van der Waals surface area contributed by atoms with E-state index in [0.717, 1.165) is 18.2 Å². The molecule has 0 amide bonds. The molecule has 1 rings (SSSR count). The molecule has 2 unspecified atom stereocenters. The molecule has 0 heterocycles. The molecule has 0 aliphatic carbocycles. The van der Waals surface area contributed by atoms with Crippen molar-refractivity contribution in [2.24, 2.45) is 5.73 Å². The van der Waals surface area contributed by atoms with Gasteiger partial charge >= 0.3 is 0 Å². The molecule has 0 radical (unpaired) electrons. The number of hydrogen-bond acceptors (Lipinski definition) is 5. The zero-order valence-corrected chi connectivity index (χ0v) is 11.0. The predicted molar refractivity (Wildman–Crippen MR) is 66.0 cm³/mol. The summed E-state index contributed by atoms with van der Waals surface area (Å²) in [5.41, 5.74) is 5.13. The van der Waals surface area contributed by atoms with Crippen molar-refractivity contribution in [1.82, 2.24) is 4.72 Å². The normalized spacial score (nSPS) is 14.7. The summed E-state index contributed by atoms with van der Waals surface area (Å²) in [5.74, 6) is -0.790. The van der Waals surface area contributed by atoms with E-state index in [1.165, 1.54) is 6.92 Å². The van der Waals surface area contributed by atoms with Crippen LogP contribution in [0, 0.1) is 17.1 Å². The van der Waals surface area contributed by atoms with E-state index in [1.807, 2.05) is 0 Å². The Bertz CT molecular complexity index is 596. The molecule has 1 aromatic rings. The molecule has 6 nitrogen and oxygen atoms in total. The van der Waals surface area contributed by atoms with Crippen molar-refractivity contribution < 1.29 is 17.9 Å². The molecule has 19 heavy (non-hydrogen) atoms. The van der Waals surface area contributed by atoms with Gasteiger partial charge < -0.3 is 10.8 Å². The van der Waals surface area contributed by atoms with E-state index in [2.05, 4.69) is 4.72 Å². The Morgan fingerprint density at radius 1 is 1.58 bits per heavy atom. The van der Waals surface area contributed by atoms with Gasteiger partial charge in [0.25, 0.3) is 0 Å². The van der Waals surface area contributed by atoms with Crippen molar-refractivity contribution >= 4 is 10.0 Å². The van der Waals surface area contributed by atoms with Gasteiger partial charge in [-0.3, -0.25) is 0 Å². The Balaban J connectivity index is 2.93. The first kappa shape index (κ1) is 15.5. The van der Waals surface area contributed by atoms with Crippen LogP contribution in [0.25, 0.3) is 0 Å². The molecule has 4 N–H and O–H groups in total. The third-order valence-corrected chi connectivity index (χ3v) is 3.92. The summed E-state index contributed by atoms with van der Waals surface area (Å²) < 4.78 is 39.0. The molecule has 0 spiro atoms. The predicted octanol–water partition coefficient (Wildman–Crippen LogP) is -0.316. The summed E-state index contributed by atoms with van der Waals surface area (Å²) >= 11 is 0. The van der Waals surface area contributed by atoms with Crippen molar-refractivity contribution in [3.63, 3.8) is 0 Å². The Morgan fingerprint density at radius 3 is 2.74 bits per heavy atom. The van der Waals surface area contributed by atoms with E-state index in [-0.39, 0.29) is 17.0 Å². The van der Waals surface area contributed by atoms with E-state index in [0.29, 0.717) is 0 Å². The molecule has 0 aliphatic heterocycles. The van der Waals surface area contributed by atoms with Crippen LogP contribution in [0.5, 0.6) is 0 Å². The lowest BCUT2D eigenvalue weighted by atomic mass is 10.2. The number of rotatable bonds is 5. The largest absolute Gasteiger partial charge is 0.392 e. The first-order chi connectivity index (χ1) is 8.77. The van der Waals surface area contributed by atoms with Gasteiger partial charge in [-0.15, -0.1) is 0 Å². The number of nitriles is 1. The average molecular weight is 287 g/mol. The second-order valence-corrected chi connectivity index (χ2v) is 5.78. The highest BCUT2D eigenvalue weighted by Gasteiger charge is 2.18. The van der Waals surface area contributed by atoms with Gasteiger partial charge in [-0.05, 0) is 25.1 Å². The summed E-state index contributed by atoms with van der Waals surface area (Å²) in [5, 5.41) is 17.8. The summed E-state index contributed by atoms with van der Waals surface area (Å²) in [7, 11) is -3.90. The number of aliphatic hydroxyl groups is 1. The monoisotopic (exact) mass is 287 g/mol. The fraction of sp³-hybridized carbons (Fsp3) is 0.364. The van der Waals surface area contributed by atoms with Crippen molar-refractivity contribution in [3.8, 4) is 6.07 Å². The van der Waals surface area contributed by atoms with Crippen molar-refractivity contribution in [2.45, 2.75) is 24.0 Å². The maximum absolute atomic E-state index is 13.1. The number of aliphatic hydroxyl groups excluding tert-OH is 1. The second kappa shape index (κ2) is 6.08. The summed E-state index contributed by atoms with van der Waals surface area (Å²) in [6, 6.07) is 3.69. The number of halogens is 1. The molecular weight excluding hydrogens is 273 g/mol. The topological polar surface area (TPSA) is 116 Å². The SMILES string of the molecule is CC(O)C(N)CNS(=O)(=O)c1ccc(F)c(C#N)c1. The number of nitrogens with one attached hydrogen (secondary N) is 1. The third kappa shape index (κ3) is 3.97. The molecule has 8 heteroatoms. The second-order valence-electron chi connectivity index (χ2n) is 4.01. The molecule has 0 aromatic heterocycles.